The summed E-state index contributed by atoms with van der Waals surface area (Å²) < 4.78 is 1.34. The first-order valence-corrected chi connectivity index (χ1v) is 7.91. The number of hydrogen-bond acceptors (Lipinski definition) is 4. The second kappa shape index (κ2) is 7.04. The van der Waals surface area contributed by atoms with Crippen molar-refractivity contribution in [1.29, 1.82) is 0 Å². The summed E-state index contributed by atoms with van der Waals surface area (Å²) in [5.74, 6) is -0.343. The normalized spacial score (nSPS) is 10.7. The molecule has 0 aliphatic rings. The molecule has 24 heavy (non-hydrogen) atoms. The van der Waals surface area contributed by atoms with Crippen LogP contribution in [-0.4, -0.2) is 20.7 Å². The summed E-state index contributed by atoms with van der Waals surface area (Å²) in [6.45, 7) is 2.55. The molecule has 0 radical (unpaired) electrons. The van der Waals surface area contributed by atoms with Gasteiger partial charge in [-0.15, -0.1) is 0 Å². The van der Waals surface area contributed by atoms with E-state index >= 15 is 0 Å². The van der Waals surface area contributed by atoms with Gasteiger partial charge in [0.1, 0.15) is 5.69 Å². The third kappa shape index (κ3) is 3.32. The lowest BCUT2D eigenvalue weighted by Crippen LogP contribution is -2.26. The molecule has 6 heteroatoms. The molecule has 0 aliphatic carbocycles. The van der Waals surface area contributed by atoms with Crippen molar-refractivity contribution in [2.24, 2.45) is 0 Å². The predicted molar refractivity (Wildman–Crippen MR) is 93.1 cm³/mol. The van der Waals surface area contributed by atoms with Gasteiger partial charge in [0.05, 0.1) is 0 Å². The first-order valence-electron chi connectivity index (χ1n) is 7.91. The molecule has 0 aliphatic heterocycles. The Kier molecular flexibility index (Phi) is 4.65. The van der Waals surface area contributed by atoms with Crippen LogP contribution in [0.3, 0.4) is 0 Å². The summed E-state index contributed by atoms with van der Waals surface area (Å²) in [5, 5.41) is 8.87. The number of carbonyl (C=O) groups excluding carboxylic acids is 1. The van der Waals surface area contributed by atoms with E-state index in [-0.39, 0.29) is 17.2 Å². The van der Waals surface area contributed by atoms with Crippen molar-refractivity contribution in [2.75, 3.05) is 5.32 Å². The fourth-order valence-electron chi connectivity index (χ4n) is 2.46. The summed E-state index contributed by atoms with van der Waals surface area (Å²) in [6, 6.07) is 10.3. The van der Waals surface area contributed by atoms with Gasteiger partial charge in [-0.25, -0.2) is 4.68 Å². The van der Waals surface area contributed by atoms with Crippen molar-refractivity contribution < 1.29 is 4.79 Å². The number of aryl methyl sites for hydroxylation is 1. The molecular weight excluding hydrogens is 304 g/mol. The minimum absolute atomic E-state index is 0.198. The lowest BCUT2D eigenvalue weighted by molar-refractivity contribution is 0.102. The number of nitrogens with zero attached hydrogens (tertiary/aromatic N) is 3. The molecule has 122 valence electrons. The molecule has 0 spiro atoms. The lowest BCUT2D eigenvalue weighted by atomic mass is 10.1. The van der Waals surface area contributed by atoms with E-state index in [1.165, 1.54) is 16.8 Å². The predicted octanol–water partition coefficient (Wildman–Crippen LogP) is 2.84. The molecule has 0 fully saturated rings. The Bertz CT molecular complexity index is 928. The van der Waals surface area contributed by atoms with E-state index in [0.717, 1.165) is 23.6 Å². The first kappa shape index (κ1) is 15.9. The Balaban J connectivity index is 1.88. The van der Waals surface area contributed by atoms with Gasteiger partial charge in [-0.05, 0) is 24.6 Å². The van der Waals surface area contributed by atoms with Gasteiger partial charge in [0, 0.05) is 41.5 Å². The van der Waals surface area contributed by atoms with Crippen molar-refractivity contribution in [3.63, 3.8) is 0 Å². The van der Waals surface area contributed by atoms with Gasteiger partial charge < -0.3 is 5.32 Å². The average molecular weight is 322 g/mol. The summed E-state index contributed by atoms with van der Waals surface area (Å²) >= 11 is 0. The highest BCUT2D eigenvalue weighted by Gasteiger charge is 2.11. The monoisotopic (exact) mass is 322 g/mol. The van der Waals surface area contributed by atoms with Crippen LogP contribution in [0.25, 0.3) is 10.8 Å². The summed E-state index contributed by atoms with van der Waals surface area (Å²) in [7, 11) is 0. The van der Waals surface area contributed by atoms with Gasteiger partial charge in [0.2, 0.25) is 0 Å². The van der Waals surface area contributed by atoms with Gasteiger partial charge in [0.25, 0.3) is 11.5 Å². The highest BCUT2D eigenvalue weighted by Crippen LogP contribution is 2.22. The van der Waals surface area contributed by atoms with Crippen molar-refractivity contribution in [1.82, 2.24) is 14.8 Å². The number of carbonyl (C=O) groups is 1. The van der Waals surface area contributed by atoms with Crippen molar-refractivity contribution in [2.45, 2.75) is 26.3 Å². The van der Waals surface area contributed by atoms with Crippen LogP contribution < -0.4 is 10.9 Å². The van der Waals surface area contributed by atoms with Gasteiger partial charge in [-0.3, -0.25) is 14.6 Å². The van der Waals surface area contributed by atoms with Crippen LogP contribution in [0.4, 0.5) is 5.69 Å². The number of benzene rings is 1. The minimum atomic E-state index is -0.343. The number of anilines is 1. The van der Waals surface area contributed by atoms with Crippen LogP contribution in [0.1, 0.15) is 30.3 Å². The van der Waals surface area contributed by atoms with Gasteiger partial charge in [-0.1, -0.05) is 25.5 Å². The van der Waals surface area contributed by atoms with Crippen molar-refractivity contribution in [3.05, 3.63) is 64.8 Å². The topological polar surface area (TPSA) is 76.9 Å². The maximum absolute atomic E-state index is 12.5. The van der Waals surface area contributed by atoms with E-state index in [1.54, 1.807) is 12.4 Å². The van der Waals surface area contributed by atoms with Crippen LogP contribution in [-0.2, 0) is 6.54 Å². The highest BCUT2D eigenvalue weighted by molar-refractivity contribution is 6.07. The maximum atomic E-state index is 12.5. The number of fused-ring (bicyclic) bond motifs is 1. The number of nitrogens with one attached hydrogen (secondary N) is 1. The van der Waals surface area contributed by atoms with Crippen molar-refractivity contribution in [3.8, 4) is 0 Å². The van der Waals surface area contributed by atoms with E-state index in [1.807, 2.05) is 31.2 Å². The zero-order valence-electron chi connectivity index (χ0n) is 13.4. The highest BCUT2D eigenvalue weighted by atomic mass is 16.2. The van der Waals surface area contributed by atoms with Crippen molar-refractivity contribution >= 4 is 22.4 Å². The standard InChI is InChI=1S/C18H18N4O2/c1-2-3-11-22-17(23)8-7-16(21-22)18(24)20-15-6-4-5-13-12-19-10-9-14(13)15/h4-10,12H,2-3,11H2,1H3,(H,20,24). The molecule has 2 heterocycles. The minimum Gasteiger partial charge on any atom is -0.320 e. The second-order valence-electron chi connectivity index (χ2n) is 5.49. The number of rotatable bonds is 5. The zero-order chi connectivity index (χ0) is 16.9. The van der Waals surface area contributed by atoms with Crippen LogP contribution in [0.5, 0.6) is 0 Å². The molecule has 3 rings (SSSR count). The third-order valence-corrected chi connectivity index (χ3v) is 3.75. The Labute approximate surface area is 139 Å². The summed E-state index contributed by atoms with van der Waals surface area (Å²) in [6.07, 6.45) is 5.22. The molecule has 1 amide bonds. The van der Waals surface area contributed by atoms with E-state index in [9.17, 15) is 9.59 Å². The molecule has 1 N–H and O–H groups in total. The Morgan fingerprint density at radius 3 is 2.92 bits per heavy atom. The number of hydrogen-bond donors (Lipinski definition) is 1. The third-order valence-electron chi connectivity index (χ3n) is 3.75. The fraction of sp³-hybridized carbons (Fsp3) is 0.222. The summed E-state index contributed by atoms with van der Waals surface area (Å²) in [4.78, 5) is 28.4. The second-order valence-corrected chi connectivity index (χ2v) is 5.49. The molecule has 3 aromatic rings. The van der Waals surface area contributed by atoms with E-state index in [4.69, 9.17) is 0 Å². The maximum Gasteiger partial charge on any atom is 0.276 e. The fourth-order valence-corrected chi connectivity index (χ4v) is 2.46. The molecule has 2 aromatic heterocycles. The molecular formula is C18H18N4O2. The van der Waals surface area contributed by atoms with E-state index in [0.29, 0.717) is 12.2 Å². The Morgan fingerprint density at radius 2 is 2.08 bits per heavy atom. The number of unbranched alkanes of at least 4 members (excludes halogenated alkanes) is 1. The Hall–Kier alpha value is -3.02. The molecule has 0 saturated heterocycles. The Morgan fingerprint density at radius 1 is 1.21 bits per heavy atom. The van der Waals surface area contributed by atoms with E-state index in [2.05, 4.69) is 15.4 Å². The number of pyridine rings is 1. The molecule has 6 nitrogen and oxygen atoms in total. The molecule has 0 saturated carbocycles. The van der Waals surface area contributed by atoms with E-state index < -0.39 is 0 Å². The summed E-state index contributed by atoms with van der Waals surface area (Å²) in [5.41, 5.74) is 0.709. The van der Waals surface area contributed by atoms with Crippen LogP contribution in [0.15, 0.2) is 53.6 Å². The quantitative estimate of drug-likeness (QED) is 0.783. The SMILES string of the molecule is CCCCn1nc(C(=O)Nc2cccc3cnccc23)ccc1=O. The largest absolute Gasteiger partial charge is 0.320 e. The van der Waals surface area contributed by atoms with Crippen LogP contribution in [0.2, 0.25) is 0 Å². The number of amides is 1. The molecule has 0 atom stereocenters. The molecule has 0 bridgehead atoms. The lowest BCUT2D eigenvalue weighted by Gasteiger charge is -2.09. The van der Waals surface area contributed by atoms with Crippen LogP contribution in [0, 0.1) is 0 Å². The van der Waals surface area contributed by atoms with Crippen LogP contribution >= 0.6 is 0 Å². The van der Waals surface area contributed by atoms with Gasteiger partial charge >= 0.3 is 0 Å². The first-order chi connectivity index (χ1) is 11.7. The average Bonchev–Trinajstić information content (AvgIpc) is 2.61. The molecule has 1 aromatic carbocycles. The number of aromatic nitrogens is 3. The van der Waals surface area contributed by atoms with Gasteiger partial charge in [-0.2, -0.15) is 5.10 Å². The molecule has 0 unspecified atom stereocenters. The zero-order valence-corrected chi connectivity index (χ0v) is 13.4. The smallest absolute Gasteiger partial charge is 0.276 e. The van der Waals surface area contributed by atoms with Gasteiger partial charge in [0.15, 0.2) is 0 Å².